The molecule has 0 radical (unpaired) electrons. The molecule has 2 rings (SSSR count). The minimum atomic E-state index is 0.103. The molecule has 3 nitrogen and oxygen atoms in total. The first kappa shape index (κ1) is 15.3. The number of hydrogen-bond acceptors (Lipinski definition) is 3. The lowest BCUT2D eigenvalue weighted by Crippen LogP contribution is -2.39. The second kappa shape index (κ2) is 7.04. The Morgan fingerprint density at radius 3 is 2.89 bits per heavy atom. The quantitative estimate of drug-likeness (QED) is 0.767. The van der Waals surface area contributed by atoms with Crippen molar-refractivity contribution in [1.82, 2.24) is 5.32 Å². The van der Waals surface area contributed by atoms with Crippen molar-refractivity contribution >= 4 is 27.5 Å². The minimum absolute atomic E-state index is 0.103. The van der Waals surface area contributed by atoms with E-state index in [9.17, 15) is 5.11 Å². The third-order valence-corrected chi connectivity index (χ3v) is 5.10. The Bertz CT molecular complexity index is 430. The molecule has 1 aliphatic carbocycles. The summed E-state index contributed by atoms with van der Waals surface area (Å²) in [4.78, 5) is 0. The number of nitrogens with two attached hydrogens (primary N) is 1. The lowest BCUT2D eigenvalue weighted by atomic mass is 10.0. The smallest absolute Gasteiger partial charge is 0.0548 e. The maximum absolute atomic E-state index is 9.38. The first-order valence-electron chi connectivity index (χ1n) is 6.67. The van der Waals surface area contributed by atoms with Gasteiger partial charge in [0.1, 0.15) is 0 Å². The first-order valence-corrected chi connectivity index (χ1v) is 7.84. The molecule has 0 amide bonds. The van der Waals surface area contributed by atoms with E-state index in [1.165, 1.54) is 6.42 Å². The lowest BCUT2D eigenvalue weighted by molar-refractivity contribution is 0.200. The molecule has 0 aliphatic heterocycles. The van der Waals surface area contributed by atoms with E-state index in [2.05, 4.69) is 21.2 Å². The van der Waals surface area contributed by atoms with Gasteiger partial charge in [-0.3, -0.25) is 0 Å². The van der Waals surface area contributed by atoms with E-state index in [1.807, 2.05) is 18.2 Å². The highest BCUT2D eigenvalue weighted by Crippen LogP contribution is 2.29. The Labute approximate surface area is 127 Å². The maximum atomic E-state index is 9.38. The molecule has 0 aromatic heterocycles. The molecule has 1 aliphatic rings. The zero-order chi connectivity index (χ0) is 13.8. The van der Waals surface area contributed by atoms with Crippen molar-refractivity contribution in [3.8, 4) is 0 Å². The number of nitrogens with one attached hydrogen (secondary N) is 1. The predicted molar refractivity (Wildman–Crippen MR) is 82.3 cm³/mol. The van der Waals surface area contributed by atoms with Crippen molar-refractivity contribution in [3.63, 3.8) is 0 Å². The Hall–Kier alpha value is -0.130. The van der Waals surface area contributed by atoms with E-state index in [-0.39, 0.29) is 12.6 Å². The zero-order valence-electron chi connectivity index (χ0n) is 10.8. The summed E-state index contributed by atoms with van der Waals surface area (Å²) in [6.07, 6.45) is 3.37. The van der Waals surface area contributed by atoms with Crippen LogP contribution in [-0.4, -0.2) is 24.3 Å². The summed E-state index contributed by atoms with van der Waals surface area (Å²) in [5, 5.41) is 13.7. The van der Waals surface area contributed by atoms with Gasteiger partial charge in [-0.2, -0.15) is 0 Å². The molecule has 3 atom stereocenters. The zero-order valence-corrected chi connectivity index (χ0v) is 13.1. The van der Waals surface area contributed by atoms with Crippen LogP contribution in [0.15, 0.2) is 22.7 Å². The van der Waals surface area contributed by atoms with Gasteiger partial charge in [0.05, 0.1) is 5.02 Å². The number of rotatable bonds is 5. The molecule has 106 valence electrons. The van der Waals surface area contributed by atoms with Crippen LogP contribution >= 0.6 is 27.5 Å². The largest absolute Gasteiger partial charge is 0.396 e. The Kier molecular flexibility index (Phi) is 5.66. The fourth-order valence-electron chi connectivity index (χ4n) is 2.76. The molecule has 1 aromatic carbocycles. The van der Waals surface area contributed by atoms with Gasteiger partial charge in [0.25, 0.3) is 0 Å². The Balaban J connectivity index is 2.09. The highest BCUT2D eigenvalue weighted by atomic mass is 79.9. The fraction of sp³-hybridized carbons (Fsp3) is 0.571. The van der Waals surface area contributed by atoms with Crippen LogP contribution in [-0.2, 0) is 0 Å². The van der Waals surface area contributed by atoms with Crippen LogP contribution < -0.4 is 11.1 Å². The lowest BCUT2D eigenvalue weighted by Gasteiger charge is -2.26. The van der Waals surface area contributed by atoms with E-state index in [0.29, 0.717) is 23.5 Å². The molecule has 1 saturated carbocycles. The summed E-state index contributed by atoms with van der Waals surface area (Å²) in [7, 11) is 0. The summed E-state index contributed by atoms with van der Waals surface area (Å²) in [5.74, 6) is 0.352. The van der Waals surface area contributed by atoms with Crippen molar-refractivity contribution < 1.29 is 5.11 Å². The highest BCUT2D eigenvalue weighted by Gasteiger charge is 2.28. The van der Waals surface area contributed by atoms with E-state index in [1.54, 1.807) is 0 Å². The third kappa shape index (κ3) is 3.70. The molecule has 0 saturated heterocycles. The summed E-state index contributed by atoms with van der Waals surface area (Å²) in [5.41, 5.74) is 7.01. The molecule has 5 heteroatoms. The van der Waals surface area contributed by atoms with E-state index in [0.717, 1.165) is 22.9 Å². The van der Waals surface area contributed by atoms with Gasteiger partial charge in [-0.15, -0.1) is 0 Å². The molecule has 1 fully saturated rings. The summed E-state index contributed by atoms with van der Waals surface area (Å²) in [6, 6.07) is 6.35. The normalized spacial score (nSPS) is 24.6. The molecular weight excluding hydrogens is 328 g/mol. The van der Waals surface area contributed by atoms with Crippen molar-refractivity contribution in [2.24, 2.45) is 11.7 Å². The van der Waals surface area contributed by atoms with Crippen molar-refractivity contribution in [3.05, 3.63) is 33.3 Å². The van der Waals surface area contributed by atoms with Gasteiger partial charge in [0.2, 0.25) is 0 Å². The number of halogens is 2. The molecule has 0 heterocycles. The van der Waals surface area contributed by atoms with Crippen LogP contribution in [0.3, 0.4) is 0 Å². The van der Waals surface area contributed by atoms with E-state index < -0.39 is 0 Å². The van der Waals surface area contributed by atoms with Crippen molar-refractivity contribution in [2.75, 3.05) is 13.2 Å². The van der Waals surface area contributed by atoms with Gasteiger partial charge in [-0.1, -0.05) is 24.1 Å². The fourth-order valence-corrected chi connectivity index (χ4v) is 3.28. The molecule has 3 unspecified atom stereocenters. The molecule has 4 N–H and O–H groups in total. The highest BCUT2D eigenvalue weighted by molar-refractivity contribution is 9.10. The van der Waals surface area contributed by atoms with Gasteiger partial charge in [0.15, 0.2) is 0 Å². The van der Waals surface area contributed by atoms with Gasteiger partial charge >= 0.3 is 0 Å². The van der Waals surface area contributed by atoms with Gasteiger partial charge in [-0.05, 0) is 52.4 Å². The van der Waals surface area contributed by atoms with Gasteiger partial charge in [-0.25, -0.2) is 0 Å². The van der Waals surface area contributed by atoms with E-state index in [4.69, 9.17) is 17.3 Å². The average Bonchev–Trinajstić information content (AvgIpc) is 2.86. The third-order valence-electron chi connectivity index (χ3n) is 3.89. The number of benzene rings is 1. The average molecular weight is 348 g/mol. The summed E-state index contributed by atoms with van der Waals surface area (Å²) in [6.45, 7) is 0.780. The summed E-state index contributed by atoms with van der Waals surface area (Å²) >= 11 is 9.45. The second-order valence-electron chi connectivity index (χ2n) is 5.11. The SMILES string of the molecule is NCC(NC1CCCC1CO)c1ccc(Cl)c(Br)c1. The van der Waals surface area contributed by atoms with Crippen LogP contribution in [0.1, 0.15) is 30.9 Å². The molecule has 1 aromatic rings. The number of hydrogen-bond donors (Lipinski definition) is 3. The Morgan fingerprint density at radius 1 is 1.47 bits per heavy atom. The van der Waals surface area contributed by atoms with Crippen LogP contribution in [0, 0.1) is 5.92 Å². The predicted octanol–water partition coefficient (Wildman–Crippen LogP) is 2.85. The minimum Gasteiger partial charge on any atom is -0.396 e. The van der Waals surface area contributed by atoms with Crippen LogP contribution in [0.5, 0.6) is 0 Å². The monoisotopic (exact) mass is 346 g/mol. The second-order valence-corrected chi connectivity index (χ2v) is 6.37. The maximum Gasteiger partial charge on any atom is 0.0548 e. The van der Waals surface area contributed by atoms with Crippen LogP contribution in [0.25, 0.3) is 0 Å². The molecular formula is C14H20BrClN2O. The number of aliphatic hydroxyl groups is 1. The molecule has 19 heavy (non-hydrogen) atoms. The Morgan fingerprint density at radius 2 is 2.26 bits per heavy atom. The van der Waals surface area contributed by atoms with Gasteiger partial charge in [0, 0.05) is 29.7 Å². The van der Waals surface area contributed by atoms with E-state index >= 15 is 0 Å². The topological polar surface area (TPSA) is 58.3 Å². The standard InChI is InChI=1S/C14H20BrClN2O/c15-11-6-9(4-5-12(11)16)14(7-17)18-13-3-1-2-10(13)8-19/h4-6,10,13-14,18-19H,1-3,7-8,17H2. The first-order chi connectivity index (χ1) is 9.15. The van der Waals surface area contributed by atoms with Gasteiger partial charge < -0.3 is 16.2 Å². The molecule has 0 bridgehead atoms. The van der Waals surface area contributed by atoms with Crippen LogP contribution in [0.2, 0.25) is 5.02 Å². The molecule has 0 spiro atoms. The van der Waals surface area contributed by atoms with Crippen LogP contribution in [0.4, 0.5) is 0 Å². The summed E-state index contributed by atoms with van der Waals surface area (Å²) < 4.78 is 0.886. The van der Waals surface area contributed by atoms with Crippen molar-refractivity contribution in [1.29, 1.82) is 0 Å². The van der Waals surface area contributed by atoms with Crippen molar-refractivity contribution in [2.45, 2.75) is 31.3 Å². The number of aliphatic hydroxyl groups excluding tert-OH is 1.